The number of rotatable bonds is 6. The van der Waals surface area contributed by atoms with Crippen LogP contribution in [0.25, 0.3) is 10.2 Å². The Balaban J connectivity index is 1.51. The molecule has 1 amide bonds. The molecule has 2 aromatic carbocycles. The number of anilines is 1. The van der Waals surface area contributed by atoms with E-state index in [1.165, 1.54) is 51.9 Å². The van der Waals surface area contributed by atoms with Crippen molar-refractivity contribution in [3.05, 3.63) is 77.7 Å². The van der Waals surface area contributed by atoms with E-state index in [0.717, 1.165) is 30.2 Å². The number of halogens is 3. The molecule has 0 unspecified atom stereocenters. The van der Waals surface area contributed by atoms with E-state index >= 15 is 0 Å². The second-order valence-electron chi connectivity index (χ2n) is 8.25. The third-order valence-electron chi connectivity index (χ3n) is 5.89. The molecule has 0 radical (unpaired) electrons. The number of thiazole rings is 1. The Kier molecular flexibility index (Phi) is 6.35. The molecule has 36 heavy (non-hydrogen) atoms. The predicted molar refractivity (Wildman–Crippen MR) is 128 cm³/mol. The lowest BCUT2D eigenvalue weighted by Crippen LogP contribution is -2.30. The van der Waals surface area contributed by atoms with E-state index in [4.69, 9.17) is 4.42 Å². The predicted octanol–water partition coefficient (Wildman–Crippen LogP) is 5.54. The summed E-state index contributed by atoms with van der Waals surface area (Å²) >= 11 is 0.954. The van der Waals surface area contributed by atoms with Crippen LogP contribution < -0.4 is 4.90 Å². The van der Waals surface area contributed by atoms with Gasteiger partial charge in [0.1, 0.15) is 5.76 Å². The van der Waals surface area contributed by atoms with E-state index in [0.29, 0.717) is 18.8 Å². The number of para-hydroxylation sites is 1. The zero-order valence-electron chi connectivity index (χ0n) is 18.7. The molecule has 0 saturated carbocycles. The number of hydrogen-bond acceptors (Lipinski definition) is 6. The molecular weight excluding hydrogens is 515 g/mol. The fourth-order valence-corrected chi connectivity index (χ4v) is 6.58. The summed E-state index contributed by atoms with van der Waals surface area (Å²) in [5.41, 5.74) is -0.962. The minimum atomic E-state index is -4.60. The van der Waals surface area contributed by atoms with Gasteiger partial charge in [-0.2, -0.15) is 17.5 Å². The number of carbonyl (C=O) groups excluding carboxylic acids is 1. The lowest BCUT2D eigenvalue weighted by atomic mass is 10.2. The van der Waals surface area contributed by atoms with Gasteiger partial charge in [0, 0.05) is 18.7 Å². The Morgan fingerprint density at radius 2 is 1.78 bits per heavy atom. The van der Waals surface area contributed by atoms with Gasteiger partial charge in [-0.05, 0) is 61.4 Å². The number of amides is 1. The Morgan fingerprint density at radius 3 is 2.42 bits per heavy atom. The zero-order chi connectivity index (χ0) is 25.5. The first kappa shape index (κ1) is 24.5. The first-order valence-corrected chi connectivity index (χ1v) is 13.3. The highest BCUT2D eigenvalue weighted by Crippen LogP contribution is 2.39. The van der Waals surface area contributed by atoms with Gasteiger partial charge in [-0.15, -0.1) is 0 Å². The van der Waals surface area contributed by atoms with Crippen molar-refractivity contribution in [1.82, 2.24) is 9.29 Å². The fraction of sp³-hybridized carbons (Fsp3) is 0.250. The summed E-state index contributed by atoms with van der Waals surface area (Å²) in [5.74, 6) is -0.143. The number of alkyl halides is 3. The van der Waals surface area contributed by atoms with Crippen LogP contribution in [0.1, 0.15) is 34.5 Å². The molecule has 1 saturated heterocycles. The Labute approximate surface area is 208 Å². The van der Waals surface area contributed by atoms with Crippen molar-refractivity contribution in [2.45, 2.75) is 30.5 Å². The molecule has 188 valence electrons. The quantitative estimate of drug-likeness (QED) is 0.324. The molecule has 1 aliphatic heterocycles. The molecule has 2 aromatic heterocycles. The maximum atomic E-state index is 13.5. The molecule has 4 aromatic rings. The summed E-state index contributed by atoms with van der Waals surface area (Å²) in [7, 11) is -3.65. The summed E-state index contributed by atoms with van der Waals surface area (Å²) in [4.78, 5) is 19.0. The van der Waals surface area contributed by atoms with Crippen LogP contribution in [0, 0.1) is 0 Å². The zero-order valence-corrected chi connectivity index (χ0v) is 20.4. The lowest BCUT2D eigenvalue weighted by molar-refractivity contribution is -0.136. The van der Waals surface area contributed by atoms with Crippen molar-refractivity contribution in [2.24, 2.45) is 0 Å². The number of carbonyl (C=O) groups is 1. The van der Waals surface area contributed by atoms with E-state index in [1.807, 2.05) is 0 Å². The number of fused-ring (bicyclic) bond motifs is 1. The molecular formula is C24H20F3N3O4S2. The first-order chi connectivity index (χ1) is 17.1. The van der Waals surface area contributed by atoms with Crippen LogP contribution in [0.4, 0.5) is 18.3 Å². The van der Waals surface area contributed by atoms with Crippen LogP contribution in [0.5, 0.6) is 0 Å². The monoisotopic (exact) mass is 535 g/mol. The second-order valence-corrected chi connectivity index (χ2v) is 11.2. The Morgan fingerprint density at radius 1 is 1.06 bits per heavy atom. The molecule has 1 fully saturated rings. The topological polar surface area (TPSA) is 83.7 Å². The molecule has 0 N–H and O–H groups in total. The van der Waals surface area contributed by atoms with E-state index < -0.39 is 27.7 Å². The van der Waals surface area contributed by atoms with Gasteiger partial charge in [-0.3, -0.25) is 9.69 Å². The van der Waals surface area contributed by atoms with Crippen LogP contribution >= 0.6 is 11.3 Å². The molecule has 7 nitrogen and oxygen atoms in total. The van der Waals surface area contributed by atoms with E-state index in [2.05, 4.69) is 4.98 Å². The highest BCUT2D eigenvalue weighted by Gasteiger charge is 2.35. The highest BCUT2D eigenvalue weighted by molar-refractivity contribution is 7.89. The van der Waals surface area contributed by atoms with Crippen molar-refractivity contribution in [3.8, 4) is 0 Å². The van der Waals surface area contributed by atoms with Crippen LogP contribution in [0.3, 0.4) is 0 Å². The Bertz CT molecular complexity index is 1490. The minimum Gasteiger partial charge on any atom is -0.467 e. The van der Waals surface area contributed by atoms with E-state index in [9.17, 15) is 26.4 Å². The van der Waals surface area contributed by atoms with Gasteiger partial charge in [-0.1, -0.05) is 17.4 Å². The first-order valence-electron chi connectivity index (χ1n) is 11.1. The number of benzene rings is 2. The SMILES string of the molecule is O=C(c1ccc(S(=O)(=O)N2CCCC2)cc1)N(Cc1ccco1)c1nc2c(C(F)(F)F)cccc2s1. The molecule has 3 heterocycles. The summed E-state index contributed by atoms with van der Waals surface area (Å²) < 4.78 is 73.2. The van der Waals surface area contributed by atoms with Crippen LogP contribution in [-0.4, -0.2) is 36.7 Å². The maximum Gasteiger partial charge on any atom is 0.418 e. The lowest BCUT2D eigenvalue weighted by Gasteiger charge is -2.19. The number of furan rings is 1. The standard InChI is InChI=1S/C24H20F3N3O4S2/c25-24(26,27)19-6-3-7-20-21(19)28-23(35-20)30(15-17-5-4-14-34-17)22(31)16-8-10-18(11-9-16)36(32,33)29-12-1-2-13-29/h3-11,14H,1-2,12-13,15H2. The minimum absolute atomic E-state index is 0.0665. The van der Waals surface area contributed by atoms with Gasteiger partial charge >= 0.3 is 6.18 Å². The van der Waals surface area contributed by atoms with E-state index in [-0.39, 0.29) is 32.4 Å². The highest BCUT2D eigenvalue weighted by atomic mass is 32.2. The molecule has 0 atom stereocenters. The largest absolute Gasteiger partial charge is 0.467 e. The normalized spacial score (nSPS) is 15.0. The average Bonchev–Trinajstić information content (AvgIpc) is 3.63. The second kappa shape index (κ2) is 9.34. The number of hydrogen-bond donors (Lipinski definition) is 0. The summed E-state index contributed by atoms with van der Waals surface area (Å²) in [6.07, 6.45) is -1.57. The van der Waals surface area contributed by atoms with Crippen molar-refractivity contribution in [1.29, 1.82) is 0 Å². The molecule has 0 bridgehead atoms. The van der Waals surface area contributed by atoms with Gasteiger partial charge < -0.3 is 4.42 Å². The van der Waals surface area contributed by atoms with Crippen molar-refractivity contribution >= 4 is 42.6 Å². The summed E-state index contributed by atoms with van der Waals surface area (Å²) in [5, 5.41) is 0.0665. The van der Waals surface area contributed by atoms with Gasteiger partial charge in [-0.25, -0.2) is 13.4 Å². The number of nitrogens with zero attached hydrogens (tertiary/aromatic N) is 3. The van der Waals surface area contributed by atoms with Gasteiger partial charge in [0.15, 0.2) is 5.13 Å². The van der Waals surface area contributed by atoms with Crippen LogP contribution in [0.2, 0.25) is 0 Å². The third-order valence-corrected chi connectivity index (χ3v) is 8.84. The van der Waals surface area contributed by atoms with Crippen LogP contribution in [-0.2, 0) is 22.7 Å². The molecule has 5 rings (SSSR count). The number of aromatic nitrogens is 1. The van der Waals surface area contributed by atoms with Crippen molar-refractivity contribution < 1.29 is 30.8 Å². The van der Waals surface area contributed by atoms with Gasteiger partial charge in [0.05, 0.1) is 33.5 Å². The van der Waals surface area contributed by atoms with Crippen molar-refractivity contribution in [3.63, 3.8) is 0 Å². The maximum absolute atomic E-state index is 13.5. The van der Waals surface area contributed by atoms with Crippen LogP contribution in [0.15, 0.2) is 70.2 Å². The fourth-order valence-electron chi connectivity index (χ4n) is 4.07. The number of sulfonamides is 1. The molecule has 12 heteroatoms. The van der Waals surface area contributed by atoms with Crippen molar-refractivity contribution in [2.75, 3.05) is 18.0 Å². The average molecular weight is 536 g/mol. The van der Waals surface area contributed by atoms with E-state index in [1.54, 1.807) is 12.1 Å². The summed E-state index contributed by atoms with van der Waals surface area (Å²) in [6.45, 7) is 0.843. The third kappa shape index (κ3) is 4.63. The van der Waals surface area contributed by atoms with Gasteiger partial charge in [0.2, 0.25) is 10.0 Å². The molecule has 0 spiro atoms. The summed E-state index contributed by atoms with van der Waals surface area (Å²) in [6, 6.07) is 12.6. The Hall–Kier alpha value is -3.22. The molecule has 0 aliphatic carbocycles. The smallest absolute Gasteiger partial charge is 0.418 e. The molecule has 1 aliphatic rings. The van der Waals surface area contributed by atoms with Gasteiger partial charge in [0.25, 0.3) is 5.91 Å².